The maximum atomic E-state index is 10.1. The van der Waals surface area contributed by atoms with Crippen LogP contribution in [0.25, 0.3) is 0 Å². The quantitative estimate of drug-likeness (QED) is 0.800. The Labute approximate surface area is 99.8 Å². The van der Waals surface area contributed by atoms with E-state index in [0.717, 1.165) is 26.1 Å². The van der Waals surface area contributed by atoms with Crippen molar-refractivity contribution in [3.63, 3.8) is 0 Å². The summed E-state index contributed by atoms with van der Waals surface area (Å²) in [7, 11) is 0. The van der Waals surface area contributed by atoms with Crippen LogP contribution in [0, 0.1) is 0 Å². The maximum absolute atomic E-state index is 10.1. The van der Waals surface area contributed by atoms with Crippen LogP contribution in [0.3, 0.4) is 0 Å². The van der Waals surface area contributed by atoms with Crippen molar-refractivity contribution in [3.05, 3.63) is 0 Å². The normalized spacial score (nSPS) is 24.0. The predicted molar refractivity (Wildman–Crippen MR) is 66.6 cm³/mol. The van der Waals surface area contributed by atoms with E-state index in [1.165, 1.54) is 6.42 Å². The van der Waals surface area contributed by atoms with Crippen molar-refractivity contribution in [3.8, 4) is 0 Å². The molecule has 0 bridgehead atoms. The monoisotopic (exact) mass is 229 g/mol. The molecular formula is C13H27NO2. The Bertz CT molecular complexity index is 215. The topological polar surface area (TPSA) is 32.7 Å². The highest BCUT2D eigenvalue weighted by Gasteiger charge is 2.35. The Hall–Kier alpha value is -0.120. The second kappa shape index (κ2) is 5.03. The van der Waals surface area contributed by atoms with Gasteiger partial charge in [0.25, 0.3) is 0 Å². The highest BCUT2D eigenvalue weighted by Crippen LogP contribution is 2.26. The molecule has 0 saturated carbocycles. The molecule has 0 spiro atoms. The molecule has 1 fully saturated rings. The minimum absolute atomic E-state index is 0.0655. The van der Waals surface area contributed by atoms with Crippen molar-refractivity contribution in [1.29, 1.82) is 0 Å². The molecule has 0 unspecified atom stereocenters. The molecule has 3 nitrogen and oxygen atoms in total. The van der Waals surface area contributed by atoms with E-state index in [2.05, 4.69) is 25.7 Å². The SMILES string of the molecule is CC(C)(C)OCCN1CCC[C@H]1C(C)(C)O. The summed E-state index contributed by atoms with van der Waals surface area (Å²) in [6.07, 6.45) is 2.28. The van der Waals surface area contributed by atoms with E-state index in [-0.39, 0.29) is 11.6 Å². The van der Waals surface area contributed by atoms with Gasteiger partial charge in [-0.1, -0.05) is 0 Å². The summed E-state index contributed by atoms with van der Waals surface area (Å²) < 4.78 is 5.73. The van der Waals surface area contributed by atoms with Gasteiger partial charge in [-0.05, 0) is 54.0 Å². The van der Waals surface area contributed by atoms with E-state index >= 15 is 0 Å². The summed E-state index contributed by atoms with van der Waals surface area (Å²) >= 11 is 0. The van der Waals surface area contributed by atoms with Crippen molar-refractivity contribution < 1.29 is 9.84 Å². The molecule has 1 aliphatic rings. The molecule has 1 saturated heterocycles. The van der Waals surface area contributed by atoms with Gasteiger partial charge >= 0.3 is 0 Å². The zero-order valence-corrected chi connectivity index (χ0v) is 11.4. The number of hydrogen-bond acceptors (Lipinski definition) is 3. The second-order valence-corrected chi connectivity index (χ2v) is 6.31. The van der Waals surface area contributed by atoms with Gasteiger partial charge in [0.15, 0.2) is 0 Å². The van der Waals surface area contributed by atoms with Crippen LogP contribution in [0.2, 0.25) is 0 Å². The van der Waals surface area contributed by atoms with E-state index in [9.17, 15) is 5.11 Å². The van der Waals surface area contributed by atoms with Crippen molar-refractivity contribution in [2.45, 2.75) is 64.7 Å². The Morgan fingerprint density at radius 3 is 2.38 bits per heavy atom. The van der Waals surface area contributed by atoms with Crippen molar-refractivity contribution in [1.82, 2.24) is 4.90 Å². The molecule has 0 aromatic carbocycles. The number of nitrogens with zero attached hydrogens (tertiary/aromatic N) is 1. The molecular weight excluding hydrogens is 202 g/mol. The van der Waals surface area contributed by atoms with Crippen LogP contribution in [0.15, 0.2) is 0 Å². The zero-order chi connectivity index (χ0) is 12.4. The van der Waals surface area contributed by atoms with Gasteiger partial charge in [0, 0.05) is 12.6 Å². The summed E-state index contributed by atoms with van der Waals surface area (Å²) in [6, 6.07) is 0.288. The number of likely N-dealkylation sites (tertiary alicyclic amines) is 1. The largest absolute Gasteiger partial charge is 0.389 e. The molecule has 1 N–H and O–H groups in total. The third-order valence-corrected chi connectivity index (χ3v) is 3.09. The van der Waals surface area contributed by atoms with E-state index in [1.54, 1.807) is 0 Å². The average molecular weight is 229 g/mol. The van der Waals surface area contributed by atoms with Gasteiger partial charge in [-0.3, -0.25) is 4.90 Å². The molecule has 0 amide bonds. The van der Waals surface area contributed by atoms with Crippen LogP contribution < -0.4 is 0 Å². The van der Waals surface area contributed by atoms with Crippen LogP contribution in [0.1, 0.15) is 47.5 Å². The molecule has 96 valence electrons. The van der Waals surface area contributed by atoms with Crippen LogP contribution in [0.4, 0.5) is 0 Å². The fourth-order valence-electron chi connectivity index (χ4n) is 2.36. The average Bonchev–Trinajstić information content (AvgIpc) is 2.48. The minimum atomic E-state index is -0.599. The van der Waals surface area contributed by atoms with Gasteiger partial charge < -0.3 is 9.84 Å². The Kier molecular flexibility index (Phi) is 4.38. The first-order valence-corrected chi connectivity index (χ1v) is 6.30. The van der Waals surface area contributed by atoms with Crippen LogP contribution in [-0.2, 0) is 4.74 Å². The van der Waals surface area contributed by atoms with E-state index in [4.69, 9.17) is 4.74 Å². The molecule has 3 heteroatoms. The van der Waals surface area contributed by atoms with Crippen LogP contribution >= 0.6 is 0 Å². The molecule has 1 aliphatic heterocycles. The van der Waals surface area contributed by atoms with Gasteiger partial charge in [-0.25, -0.2) is 0 Å². The van der Waals surface area contributed by atoms with Gasteiger partial charge in [-0.2, -0.15) is 0 Å². The summed E-state index contributed by atoms with van der Waals surface area (Å²) in [5, 5.41) is 10.1. The number of aliphatic hydroxyl groups is 1. The molecule has 0 aromatic rings. The molecule has 0 radical (unpaired) electrons. The lowest BCUT2D eigenvalue weighted by Gasteiger charge is -2.34. The Morgan fingerprint density at radius 2 is 1.88 bits per heavy atom. The lowest BCUT2D eigenvalue weighted by Crippen LogP contribution is -2.47. The molecule has 0 aromatic heterocycles. The Balaban J connectivity index is 2.36. The highest BCUT2D eigenvalue weighted by molar-refractivity contribution is 4.90. The van der Waals surface area contributed by atoms with Gasteiger partial charge in [0.1, 0.15) is 0 Å². The number of rotatable bonds is 4. The molecule has 1 rings (SSSR count). The first-order valence-electron chi connectivity index (χ1n) is 6.30. The fraction of sp³-hybridized carbons (Fsp3) is 1.00. The van der Waals surface area contributed by atoms with E-state index in [0.29, 0.717) is 0 Å². The smallest absolute Gasteiger partial charge is 0.0746 e. The van der Waals surface area contributed by atoms with Crippen molar-refractivity contribution in [2.24, 2.45) is 0 Å². The Morgan fingerprint density at radius 1 is 1.25 bits per heavy atom. The van der Waals surface area contributed by atoms with Crippen LogP contribution in [-0.4, -0.2) is 46.9 Å². The van der Waals surface area contributed by atoms with Gasteiger partial charge in [-0.15, -0.1) is 0 Å². The molecule has 0 aliphatic carbocycles. The third kappa shape index (κ3) is 4.40. The minimum Gasteiger partial charge on any atom is -0.389 e. The second-order valence-electron chi connectivity index (χ2n) is 6.31. The van der Waals surface area contributed by atoms with Crippen molar-refractivity contribution in [2.75, 3.05) is 19.7 Å². The zero-order valence-electron chi connectivity index (χ0n) is 11.4. The first kappa shape index (κ1) is 13.9. The summed E-state index contributed by atoms with van der Waals surface area (Å²) in [6.45, 7) is 12.8. The summed E-state index contributed by atoms with van der Waals surface area (Å²) in [4.78, 5) is 2.35. The predicted octanol–water partition coefficient (Wildman–Crippen LogP) is 2.04. The van der Waals surface area contributed by atoms with Gasteiger partial charge in [0.05, 0.1) is 17.8 Å². The lowest BCUT2D eigenvalue weighted by molar-refractivity contribution is -0.0382. The fourth-order valence-corrected chi connectivity index (χ4v) is 2.36. The summed E-state index contributed by atoms with van der Waals surface area (Å²) in [5.74, 6) is 0. The third-order valence-electron chi connectivity index (χ3n) is 3.09. The summed E-state index contributed by atoms with van der Waals surface area (Å²) in [5.41, 5.74) is -0.664. The van der Waals surface area contributed by atoms with Crippen molar-refractivity contribution >= 4 is 0 Å². The van der Waals surface area contributed by atoms with E-state index in [1.807, 2.05) is 13.8 Å². The van der Waals surface area contributed by atoms with Crippen LogP contribution in [0.5, 0.6) is 0 Å². The van der Waals surface area contributed by atoms with E-state index < -0.39 is 5.60 Å². The molecule has 16 heavy (non-hydrogen) atoms. The standard InChI is InChI=1S/C13H27NO2/c1-12(2,3)16-10-9-14-8-6-7-11(14)13(4,5)15/h11,15H,6-10H2,1-5H3/t11-/m0/s1. The van der Waals surface area contributed by atoms with Gasteiger partial charge in [0.2, 0.25) is 0 Å². The first-order chi connectivity index (χ1) is 7.20. The number of hydrogen-bond donors (Lipinski definition) is 1. The lowest BCUT2D eigenvalue weighted by atomic mass is 9.97. The maximum Gasteiger partial charge on any atom is 0.0746 e. The molecule has 1 heterocycles. The number of ether oxygens (including phenoxy) is 1. The highest BCUT2D eigenvalue weighted by atomic mass is 16.5. The molecule has 1 atom stereocenters.